The molecule has 1 aromatic rings. The second-order valence-corrected chi connectivity index (χ2v) is 6.98. The van der Waals surface area contributed by atoms with Gasteiger partial charge in [-0.05, 0) is 68.5 Å². The number of hydrogen-bond acceptors (Lipinski definition) is 1. The summed E-state index contributed by atoms with van der Waals surface area (Å²) < 4.78 is 0. The lowest BCUT2D eigenvalue weighted by Gasteiger charge is -2.22. The molecule has 0 aliphatic heterocycles. The molecule has 20 heavy (non-hydrogen) atoms. The van der Waals surface area contributed by atoms with Crippen LogP contribution in [0.15, 0.2) is 18.2 Å². The van der Waals surface area contributed by atoms with Crippen molar-refractivity contribution in [3.8, 4) is 0 Å². The summed E-state index contributed by atoms with van der Waals surface area (Å²) in [7, 11) is 0. The van der Waals surface area contributed by atoms with Crippen molar-refractivity contribution in [2.24, 2.45) is 17.8 Å². The Morgan fingerprint density at radius 1 is 1.15 bits per heavy atom. The Morgan fingerprint density at radius 2 is 1.85 bits per heavy atom. The first-order valence-corrected chi connectivity index (χ1v) is 8.53. The van der Waals surface area contributed by atoms with Crippen LogP contribution in [0.1, 0.15) is 61.8 Å². The standard InChI is InChI=1S/C19H29N/c1-4-11-20-19(17-12-13(2)9-10-14(17)3)18-15-7-5-6-8-16(15)18/h9-10,12,15-16,18-20H,4-8,11H2,1-3H3. The molecule has 3 rings (SSSR count). The van der Waals surface area contributed by atoms with Gasteiger partial charge < -0.3 is 5.32 Å². The SMILES string of the molecule is CCCNC(c1cc(C)ccc1C)C1C2CCCCC21. The van der Waals surface area contributed by atoms with Gasteiger partial charge in [0.2, 0.25) is 0 Å². The minimum absolute atomic E-state index is 0.600. The molecule has 110 valence electrons. The number of aryl methyl sites for hydroxylation is 2. The molecule has 0 heterocycles. The lowest BCUT2D eigenvalue weighted by atomic mass is 9.94. The third-order valence-electron chi connectivity index (χ3n) is 5.49. The molecule has 0 aromatic heterocycles. The van der Waals surface area contributed by atoms with Crippen molar-refractivity contribution >= 4 is 0 Å². The van der Waals surface area contributed by atoms with Crippen LogP contribution in [-0.2, 0) is 0 Å². The van der Waals surface area contributed by atoms with Gasteiger partial charge in [-0.3, -0.25) is 0 Å². The van der Waals surface area contributed by atoms with E-state index < -0.39 is 0 Å². The van der Waals surface area contributed by atoms with Gasteiger partial charge in [0.05, 0.1) is 0 Å². The summed E-state index contributed by atoms with van der Waals surface area (Å²) in [5, 5.41) is 3.87. The zero-order chi connectivity index (χ0) is 14.1. The van der Waals surface area contributed by atoms with Crippen molar-refractivity contribution in [1.82, 2.24) is 5.32 Å². The monoisotopic (exact) mass is 271 g/mol. The van der Waals surface area contributed by atoms with Gasteiger partial charge in [-0.15, -0.1) is 0 Å². The van der Waals surface area contributed by atoms with Gasteiger partial charge in [0.15, 0.2) is 0 Å². The van der Waals surface area contributed by atoms with Crippen LogP contribution >= 0.6 is 0 Å². The van der Waals surface area contributed by atoms with Crippen molar-refractivity contribution in [2.75, 3.05) is 6.54 Å². The molecule has 0 spiro atoms. The van der Waals surface area contributed by atoms with Gasteiger partial charge in [-0.2, -0.15) is 0 Å². The maximum atomic E-state index is 3.87. The molecule has 2 aliphatic rings. The highest BCUT2D eigenvalue weighted by molar-refractivity contribution is 5.35. The molecular formula is C19H29N. The molecule has 0 amide bonds. The smallest absolute Gasteiger partial charge is 0.0356 e. The van der Waals surface area contributed by atoms with Gasteiger partial charge in [0.1, 0.15) is 0 Å². The number of fused-ring (bicyclic) bond motifs is 1. The van der Waals surface area contributed by atoms with Crippen LogP contribution in [0, 0.1) is 31.6 Å². The average Bonchev–Trinajstić information content (AvgIpc) is 3.17. The summed E-state index contributed by atoms with van der Waals surface area (Å²) in [6.45, 7) is 7.92. The quantitative estimate of drug-likeness (QED) is 0.812. The second kappa shape index (κ2) is 5.89. The van der Waals surface area contributed by atoms with Crippen molar-refractivity contribution in [2.45, 2.75) is 58.9 Å². The summed E-state index contributed by atoms with van der Waals surface area (Å²) in [4.78, 5) is 0. The number of rotatable bonds is 5. The van der Waals surface area contributed by atoms with E-state index in [1.807, 2.05) is 0 Å². The van der Waals surface area contributed by atoms with E-state index >= 15 is 0 Å². The predicted molar refractivity (Wildman–Crippen MR) is 85.9 cm³/mol. The Hall–Kier alpha value is -0.820. The van der Waals surface area contributed by atoms with Gasteiger partial charge in [-0.25, -0.2) is 0 Å². The Bertz CT molecular complexity index is 453. The van der Waals surface area contributed by atoms with Crippen molar-refractivity contribution in [1.29, 1.82) is 0 Å². The first kappa shape index (κ1) is 14.1. The fourth-order valence-electron chi connectivity index (χ4n) is 4.39. The number of nitrogens with one attached hydrogen (secondary N) is 1. The zero-order valence-electron chi connectivity index (χ0n) is 13.3. The molecular weight excluding hydrogens is 242 g/mol. The van der Waals surface area contributed by atoms with Crippen LogP contribution in [0.2, 0.25) is 0 Å². The van der Waals surface area contributed by atoms with E-state index in [9.17, 15) is 0 Å². The Morgan fingerprint density at radius 3 is 2.50 bits per heavy atom. The summed E-state index contributed by atoms with van der Waals surface area (Å²) in [6, 6.07) is 7.57. The highest BCUT2D eigenvalue weighted by atomic mass is 14.9. The molecule has 2 saturated carbocycles. The van der Waals surface area contributed by atoms with Crippen molar-refractivity contribution in [3.05, 3.63) is 34.9 Å². The van der Waals surface area contributed by atoms with E-state index in [0.29, 0.717) is 6.04 Å². The summed E-state index contributed by atoms with van der Waals surface area (Å²) in [5.74, 6) is 2.93. The normalized spacial score (nSPS) is 29.9. The highest BCUT2D eigenvalue weighted by Gasteiger charge is 2.54. The minimum Gasteiger partial charge on any atom is -0.310 e. The molecule has 3 atom stereocenters. The third-order valence-corrected chi connectivity index (χ3v) is 5.49. The van der Waals surface area contributed by atoms with Gasteiger partial charge in [0.25, 0.3) is 0 Å². The van der Waals surface area contributed by atoms with Gasteiger partial charge >= 0.3 is 0 Å². The third kappa shape index (κ3) is 2.65. The molecule has 0 saturated heterocycles. The minimum atomic E-state index is 0.600. The summed E-state index contributed by atoms with van der Waals surface area (Å²) >= 11 is 0. The summed E-state index contributed by atoms with van der Waals surface area (Å²) in [5.41, 5.74) is 4.43. The molecule has 3 unspecified atom stereocenters. The van der Waals surface area contributed by atoms with Crippen LogP contribution in [-0.4, -0.2) is 6.54 Å². The van der Waals surface area contributed by atoms with E-state index in [1.165, 1.54) is 43.2 Å². The average molecular weight is 271 g/mol. The maximum absolute atomic E-state index is 3.87. The topological polar surface area (TPSA) is 12.0 Å². The van der Waals surface area contributed by atoms with Crippen LogP contribution in [0.4, 0.5) is 0 Å². The number of benzene rings is 1. The Labute approximate surface area is 124 Å². The molecule has 1 heteroatoms. The molecule has 1 aromatic carbocycles. The van der Waals surface area contributed by atoms with Gasteiger partial charge in [0, 0.05) is 6.04 Å². The van der Waals surface area contributed by atoms with E-state index in [0.717, 1.165) is 24.3 Å². The second-order valence-electron chi connectivity index (χ2n) is 6.98. The molecule has 1 nitrogen and oxygen atoms in total. The highest BCUT2D eigenvalue weighted by Crippen LogP contribution is 2.60. The first-order valence-electron chi connectivity index (χ1n) is 8.53. The predicted octanol–water partition coefficient (Wildman–Crippen LogP) is 4.78. The molecule has 0 radical (unpaired) electrons. The van der Waals surface area contributed by atoms with E-state index in [4.69, 9.17) is 0 Å². The fourth-order valence-corrected chi connectivity index (χ4v) is 4.39. The Kier molecular flexibility index (Phi) is 4.16. The van der Waals surface area contributed by atoms with Crippen LogP contribution < -0.4 is 5.32 Å². The van der Waals surface area contributed by atoms with Crippen LogP contribution in [0.5, 0.6) is 0 Å². The zero-order valence-corrected chi connectivity index (χ0v) is 13.3. The lowest BCUT2D eigenvalue weighted by molar-refractivity contribution is 0.444. The van der Waals surface area contributed by atoms with Crippen LogP contribution in [0.3, 0.4) is 0 Å². The van der Waals surface area contributed by atoms with Gasteiger partial charge in [-0.1, -0.05) is 43.5 Å². The largest absolute Gasteiger partial charge is 0.310 e. The maximum Gasteiger partial charge on any atom is 0.0356 e. The van der Waals surface area contributed by atoms with E-state index in [2.05, 4.69) is 44.3 Å². The summed E-state index contributed by atoms with van der Waals surface area (Å²) in [6.07, 6.45) is 7.11. The lowest BCUT2D eigenvalue weighted by Crippen LogP contribution is -2.25. The molecule has 1 N–H and O–H groups in total. The molecule has 2 fully saturated rings. The molecule has 2 aliphatic carbocycles. The Balaban J connectivity index is 1.84. The first-order chi connectivity index (χ1) is 9.72. The van der Waals surface area contributed by atoms with Crippen LogP contribution in [0.25, 0.3) is 0 Å². The van der Waals surface area contributed by atoms with Crippen molar-refractivity contribution < 1.29 is 0 Å². The van der Waals surface area contributed by atoms with E-state index in [-0.39, 0.29) is 0 Å². The van der Waals surface area contributed by atoms with E-state index in [1.54, 1.807) is 5.56 Å². The number of hydrogen-bond donors (Lipinski definition) is 1. The fraction of sp³-hybridized carbons (Fsp3) is 0.684. The van der Waals surface area contributed by atoms with Crippen molar-refractivity contribution in [3.63, 3.8) is 0 Å². The molecule has 0 bridgehead atoms.